The zero-order valence-electron chi connectivity index (χ0n) is 11.7. The minimum atomic E-state index is -4.28. The molecule has 0 radical (unpaired) electrons. The Kier molecular flexibility index (Phi) is 5.36. The van der Waals surface area contributed by atoms with Gasteiger partial charge in [0.15, 0.2) is 0 Å². The van der Waals surface area contributed by atoms with E-state index in [1.807, 2.05) is 6.20 Å². The van der Waals surface area contributed by atoms with Crippen molar-refractivity contribution in [3.05, 3.63) is 52.0 Å². The summed E-state index contributed by atoms with van der Waals surface area (Å²) in [4.78, 5) is 5.17. The predicted octanol–water partition coefficient (Wildman–Crippen LogP) is 4.45. The zero-order valence-corrected chi connectivity index (χ0v) is 12.5. The van der Waals surface area contributed by atoms with Crippen LogP contribution in [0.1, 0.15) is 35.4 Å². The fraction of sp³-hybridized carbons (Fsp3) is 0.400. The monoisotopic (exact) mass is 314 g/mol. The Morgan fingerprint density at radius 1 is 1.24 bits per heavy atom. The van der Waals surface area contributed by atoms with Gasteiger partial charge in [-0.05, 0) is 37.1 Å². The van der Waals surface area contributed by atoms with Crippen LogP contribution in [0.3, 0.4) is 0 Å². The molecule has 2 nitrogen and oxygen atoms in total. The van der Waals surface area contributed by atoms with Crippen LogP contribution in [0, 0.1) is 0 Å². The third-order valence-electron chi connectivity index (χ3n) is 3.16. The molecule has 1 unspecified atom stereocenters. The Hall–Kier alpha value is -1.40. The van der Waals surface area contributed by atoms with Crippen molar-refractivity contribution in [2.75, 3.05) is 6.54 Å². The molecule has 1 heterocycles. The molecule has 1 atom stereocenters. The highest BCUT2D eigenvalue weighted by molar-refractivity contribution is 7.09. The minimum absolute atomic E-state index is 0.0918. The Morgan fingerprint density at radius 3 is 2.48 bits per heavy atom. The molecule has 2 rings (SSSR count). The van der Waals surface area contributed by atoms with Crippen LogP contribution in [0.4, 0.5) is 13.2 Å². The average molecular weight is 314 g/mol. The van der Waals surface area contributed by atoms with Crippen molar-refractivity contribution >= 4 is 11.3 Å². The van der Waals surface area contributed by atoms with E-state index in [0.717, 1.165) is 35.5 Å². The highest BCUT2D eigenvalue weighted by Crippen LogP contribution is 2.30. The molecule has 1 N–H and O–H groups in total. The lowest BCUT2D eigenvalue weighted by Gasteiger charge is -2.17. The lowest BCUT2D eigenvalue weighted by molar-refractivity contribution is -0.137. The number of nitrogens with zero attached hydrogens (tertiary/aromatic N) is 1. The van der Waals surface area contributed by atoms with Crippen LogP contribution in [0.2, 0.25) is 0 Å². The van der Waals surface area contributed by atoms with Crippen LogP contribution in [-0.2, 0) is 12.6 Å². The molecule has 0 aliphatic rings. The van der Waals surface area contributed by atoms with Crippen LogP contribution >= 0.6 is 11.3 Å². The summed E-state index contributed by atoms with van der Waals surface area (Å²) < 4.78 is 37.7. The van der Waals surface area contributed by atoms with Crippen molar-refractivity contribution in [3.63, 3.8) is 0 Å². The van der Waals surface area contributed by atoms with Gasteiger partial charge in [-0.1, -0.05) is 19.1 Å². The first-order valence-electron chi connectivity index (χ1n) is 6.78. The normalized spacial score (nSPS) is 13.3. The van der Waals surface area contributed by atoms with Gasteiger partial charge in [0, 0.05) is 17.1 Å². The highest BCUT2D eigenvalue weighted by atomic mass is 32.1. The Bertz CT molecular complexity index is 535. The fourth-order valence-electron chi connectivity index (χ4n) is 2.06. The lowest BCUT2D eigenvalue weighted by Crippen LogP contribution is -2.23. The van der Waals surface area contributed by atoms with Gasteiger partial charge in [0.25, 0.3) is 0 Å². The van der Waals surface area contributed by atoms with Crippen LogP contribution in [0.5, 0.6) is 0 Å². The highest BCUT2D eigenvalue weighted by Gasteiger charge is 2.30. The first-order chi connectivity index (χ1) is 10.0. The summed E-state index contributed by atoms with van der Waals surface area (Å²) in [5.74, 6) is 0. The minimum Gasteiger partial charge on any atom is -0.309 e. The molecule has 0 amide bonds. The van der Waals surface area contributed by atoms with E-state index in [2.05, 4.69) is 17.2 Å². The molecule has 0 saturated heterocycles. The van der Waals surface area contributed by atoms with Gasteiger partial charge >= 0.3 is 6.18 Å². The third-order valence-corrected chi connectivity index (χ3v) is 4.05. The summed E-state index contributed by atoms with van der Waals surface area (Å²) in [6, 6.07) is 5.46. The topological polar surface area (TPSA) is 24.9 Å². The molecule has 0 fully saturated rings. The maximum absolute atomic E-state index is 12.6. The molecule has 1 aromatic heterocycles. The maximum Gasteiger partial charge on any atom is 0.416 e. The van der Waals surface area contributed by atoms with Crippen molar-refractivity contribution in [1.29, 1.82) is 0 Å². The molecule has 0 aliphatic heterocycles. The van der Waals surface area contributed by atoms with Crippen molar-refractivity contribution in [3.8, 4) is 0 Å². The van der Waals surface area contributed by atoms with Crippen LogP contribution in [0.15, 0.2) is 36.0 Å². The summed E-state index contributed by atoms with van der Waals surface area (Å²) >= 11 is 1.55. The van der Waals surface area contributed by atoms with Gasteiger partial charge in [0.2, 0.25) is 0 Å². The number of aromatic nitrogens is 1. The van der Waals surface area contributed by atoms with Crippen LogP contribution < -0.4 is 5.32 Å². The number of benzene rings is 1. The summed E-state index contributed by atoms with van der Waals surface area (Å²) in [5.41, 5.74) is 2.04. The van der Waals surface area contributed by atoms with Gasteiger partial charge in [-0.25, -0.2) is 0 Å². The Morgan fingerprint density at radius 2 is 1.95 bits per heavy atom. The van der Waals surface area contributed by atoms with Crippen LogP contribution in [0.25, 0.3) is 0 Å². The average Bonchev–Trinajstić information content (AvgIpc) is 2.97. The lowest BCUT2D eigenvalue weighted by atomic mass is 10.0. The van der Waals surface area contributed by atoms with Crippen molar-refractivity contribution in [1.82, 2.24) is 10.3 Å². The van der Waals surface area contributed by atoms with Gasteiger partial charge in [0.05, 0.1) is 11.1 Å². The second-order valence-electron chi connectivity index (χ2n) is 4.81. The first-order valence-corrected chi connectivity index (χ1v) is 7.66. The third kappa shape index (κ3) is 4.54. The standard InChI is InChI=1S/C15H17F3N2S/c1-2-7-20-13(14-9-19-10-21-14)8-11-3-5-12(6-4-11)15(16,17)18/h3-6,9-10,13,20H,2,7-8H2,1H3. The van der Waals surface area contributed by atoms with Gasteiger partial charge in [-0.15, -0.1) is 11.3 Å². The number of hydrogen-bond acceptors (Lipinski definition) is 3. The second-order valence-corrected chi connectivity index (χ2v) is 5.73. The number of nitrogens with one attached hydrogen (secondary N) is 1. The first kappa shape index (κ1) is 16.0. The molecule has 1 aromatic carbocycles. The van der Waals surface area contributed by atoms with Crippen molar-refractivity contribution < 1.29 is 13.2 Å². The maximum atomic E-state index is 12.6. The summed E-state index contributed by atoms with van der Waals surface area (Å²) in [5, 5.41) is 3.41. The van der Waals surface area contributed by atoms with E-state index in [9.17, 15) is 13.2 Å². The molecular formula is C15H17F3N2S. The van der Waals surface area contributed by atoms with E-state index in [0.29, 0.717) is 6.42 Å². The zero-order chi connectivity index (χ0) is 15.3. The number of rotatable bonds is 6. The largest absolute Gasteiger partial charge is 0.416 e. The smallest absolute Gasteiger partial charge is 0.309 e. The van der Waals surface area contributed by atoms with E-state index < -0.39 is 11.7 Å². The number of hydrogen-bond donors (Lipinski definition) is 1. The second kappa shape index (κ2) is 7.04. The molecule has 0 bridgehead atoms. The Balaban J connectivity index is 2.09. The molecule has 0 spiro atoms. The van der Waals surface area contributed by atoms with Gasteiger partial charge in [-0.2, -0.15) is 13.2 Å². The molecule has 2 aromatic rings. The van der Waals surface area contributed by atoms with Crippen molar-refractivity contribution in [2.24, 2.45) is 0 Å². The van der Waals surface area contributed by atoms with Gasteiger partial charge in [0.1, 0.15) is 0 Å². The predicted molar refractivity (Wildman–Crippen MR) is 78.3 cm³/mol. The van der Waals surface area contributed by atoms with E-state index in [1.54, 1.807) is 29.0 Å². The SMILES string of the molecule is CCCNC(Cc1ccc(C(F)(F)F)cc1)c1cncs1. The van der Waals surface area contributed by atoms with Gasteiger partial charge < -0.3 is 5.32 Å². The number of alkyl halides is 3. The summed E-state index contributed by atoms with van der Waals surface area (Å²) in [7, 11) is 0. The quantitative estimate of drug-likeness (QED) is 0.852. The Labute approximate surface area is 126 Å². The molecule has 0 saturated carbocycles. The van der Waals surface area contributed by atoms with E-state index in [4.69, 9.17) is 0 Å². The molecule has 0 aliphatic carbocycles. The molecular weight excluding hydrogens is 297 g/mol. The molecule has 114 valence electrons. The number of halogens is 3. The van der Waals surface area contributed by atoms with Crippen molar-refractivity contribution in [2.45, 2.75) is 32.0 Å². The number of thiazole rings is 1. The molecule has 6 heteroatoms. The van der Waals surface area contributed by atoms with E-state index in [1.165, 1.54) is 0 Å². The summed E-state index contributed by atoms with van der Waals surface area (Å²) in [6.45, 7) is 2.94. The van der Waals surface area contributed by atoms with Crippen LogP contribution in [-0.4, -0.2) is 11.5 Å². The van der Waals surface area contributed by atoms with Gasteiger partial charge in [-0.3, -0.25) is 4.98 Å². The van der Waals surface area contributed by atoms with E-state index in [-0.39, 0.29) is 6.04 Å². The van der Waals surface area contributed by atoms with E-state index >= 15 is 0 Å². The fourth-order valence-corrected chi connectivity index (χ4v) is 2.75. The summed E-state index contributed by atoms with van der Waals surface area (Å²) in [6.07, 6.45) is -0.819. The molecule has 21 heavy (non-hydrogen) atoms.